The highest BCUT2D eigenvalue weighted by molar-refractivity contribution is 6.30. The van der Waals surface area contributed by atoms with Gasteiger partial charge in [0.25, 0.3) is 0 Å². The van der Waals surface area contributed by atoms with E-state index in [9.17, 15) is 0 Å². The van der Waals surface area contributed by atoms with Crippen LogP contribution in [0.4, 0.5) is 0 Å². The van der Waals surface area contributed by atoms with Gasteiger partial charge in [-0.15, -0.1) is 0 Å². The minimum absolute atomic E-state index is 0.226. The van der Waals surface area contributed by atoms with Crippen LogP contribution in [0.15, 0.2) is 18.3 Å². The summed E-state index contributed by atoms with van der Waals surface area (Å²) in [6, 6.07) is 4.32. The van der Waals surface area contributed by atoms with Crippen LogP contribution >= 0.6 is 11.6 Å². The van der Waals surface area contributed by atoms with Crippen molar-refractivity contribution < 1.29 is 5.11 Å². The number of rotatable bonds is 6. The molecule has 0 aliphatic rings. The number of nitrogens with zero attached hydrogens (tertiary/aromatic N) is 2. The summed E-state index contributed by atoms with van der Waals surface area (Å²) in [7, 11) is 0. The highest BCUT2D eigenvalue weighted by Gasteiger charge is 2.11. The van der Waals surface area contributed by atoms with Gasteiger partial charge in [0.05, 0.1) is 0 Å². The topological polar surface area (TPSA) is 36.4 Å². The average Bonchev–Trinajstić information content (AvgIpc) is 2.26. The Morgan fingerprint density at radius 2 is 2.25 bits per heavy atom. The van der Waals surface area contributed by atoms with Crippen LogP contribution in [0.5, 0.6) is 0 Å². The maximum absolute atomic E-state index is 8.85. The van der Waals surface area contributed by atoms with Crippen LogP contribution in [0.25, 0.3) is 0 Å². The van der Waals surface area contributed by atoms with Crippen LogP contribution in [0.1, 0.15) is 25.8 Å². The predicted molar refractivity (Wildman–Crippen MR) is 66.5 cm³/mol. The summed E-state index contributed by atoms with van der Waals surface area (Å²) in [5.41, 5.74) is 1.04. The van der Waals surface area contributed by atoms with Gasteiger partial charge in [-0.1, -0.05) is 17.7 Å². The number of aliphatic hydroxyl groups is 1. The quantitative estimate of drug-likeness (QED) is 0.778. The fourth-order valence-corrected chi connectivity index (χ4v) is 1.73. The van der Waals surface area contributed by atoms with E-state index < -0.39 is 0 Å². The molecule has 1 N–H and O–H groups in total. The molecule has 0 aliphatic carbocycles. The van der Waals surface area contributed by atoms with Gasteiger partial charge in [-0.05, 0) is 26.3 Å². The van der Waals surface area contributed by atoms with E-state index in [4.69, 9.17) is 16.7 Å². The highest BCUT2D eigenvalue weighted by atomic mass is 35.5. The maximum atomic E-state index is 8.85. The SMILES string of the molecule is CC(C)N(CCCO)Cc1cccnc1Cl. The molecule has 1 aromatic heterocycles. The molecule has 0 aromatic carbocycles. The van der Waals surface area contributed by atoms with Crippen molar-refractivity contribution in [3.8, 4) is 0 Å². The molecule has 0 radical (unpaired) electrons. The zero-order chi connectivity index (χ0) is 12.0. The molecule has 16 heavy (non-hydrogen) atoms. The van der Waals surface area contributed by atoms with Crippen molar-refractivity contribution in [2.75, 3.05) is 13.2 Å². The van der Waals surface area contributed by atoms with Crippen molar-refractivity contribution in [2.24, 2.45) is 0 Å². The fourth-order valence-electron chi connectivity index (χ4n) is 1.55. The van der Waals surface area contributed by atoms with Crippen molar-refractivity contribution in [1.29, 1.82) is 0 Å². The van der Waals surface area contributed by atoms with Crippen molar-refractivity contribution in [3.05, 3.63) is 29.0 Å². The second-order valence-corrected chi connectivity index (χ2v) is 4.45. The zero-order valence-electron chi connectivity index (χ0n) is 9.86. The normalized spacial score (nSPS) is 11.4. The van der Waals surface area contributed by atoms with E-state index >= 15 is 0 Å². The van der Waals surface area contributed by atoms with E-state index in [0.717, 1.165) is 25.1 Å². The third-order valence-corrected chi connectivity index (χ3v) is 2.88. The summed E-state index contributed by atoms with van der Waals surface area (Å²) in [5, 5.41) is 9.42. The van der Waals surface area contributed by atoms with E-state index in [1.807, 2.05) is 12.1 Å². The first-order chi connectivity index (χ1) is 7.65. The Hall–Kier alpha value is -0.640. The molecule has 0 spiro atoms. The first kappa shape index (κ1) is 13.4. The lowest BCUT2D eigenvalue weighted by Gasteiger charge is -2.26. The Balaban J connectivity index is 2.64. The Labute approximate surface area is 102 Å². The molecule has 0 fully saturated rings. The van der Waals surface area contributed by atoms with Crippen LogP contribution < -0.4 is 0 Å². The van der Waals surface area contributed by atoms with Gasteiger partial charge in [0.2, 0.25) is 0 Å². The number of pyridine rings is 1. The smallest absolute Gasteiger partial charge is 0.133 e. The van der Waals surface area contributed by atoms with Crippen LogP contribution in [-0.4, -0.2) is 34.2 Å². The summed E-state index contributed by atoms with van der Waals surface area (Å²) in [6.45, 7) is 6.16. The minimum atomic E-state index is 0.226. The minimum Gasteiger partial charge on any atom is -0.396 e. The number of hydrogen-bond donors (Lipinski definition) is 1. The lowest BCUT2D eigenvalue weighted by atomic mass is 10.2. The van der Waals surface area contributed by atoms with E-state index in [-0.39, 0.29) is 6.61 Å². The molecule has 0 saturated carbocycles. The summed E-state index contributed by atoms with van der Waals surface area (Å²) in [6.07, 6.45) is 2.48. The molecule has 90 valence electrons. The van der Waals surface area contributed by atoms with Crippen molar-refractivity contribution >= 4 is 11.6 Å². The Bertz CT molecular complexity index is 318. The molecule has 0 bridgehead atoms. The number of hydrogen-bond acceptors (Lipinski definition) is 3. The predicted octanol–water partition coefficient (Wildman–Crippen LogP) is 2.33. The fraction of sp³-hybridized carbons (Fsp3) is 0.583. The van der Waals surface area contributed by atoms with Crippen LogP contribution in [0.3, 0.4) is 0 Å². The molecular formula is C12H19ClN2O. The lowest BCUT2D eigenvalue weighted by Crippen LogP contribution is -2.31. The molecular weight excluding hydrogens is 224 g/mol. The van der Waals surface area contributed by atoms with Gasteiger partial charge >= 0.3 is 0 Å². The second-order valence-electron chi connectivity index (χ2n) is 4.09. The van der Waals surface area contributed by atoms with Gasteiger partial charge in [-0.3, -0.25) is 4.90 Å². The van der Waals surface area contributed by atoms with E-state index in [2.05, 4.69) is 23.7 Å². The molecule has 1 rings (SSSR count). The van der Waals surface area contributed by atoms with Crippen LogP contribution in [-0.2, 0) is 6.54 Å². The third-order valence-electron chi connectivity index (χ3n) is 2.54. The van der Waals surface area contributed by atoms with Gasteiger partial charge in [-0.2, -0.15) is 0 Å². The van der Waals surface area contributed by atoms with E-state index in [1.165, 1.54) is 0 Å². The Morgan fingerprint density at radius 1 is 1.50 bits per heavy atom. The van der Waals surface area contributed by atoms with Crippen LogP contribution in [0, 0.1) is 0 Å². The number of aliphatic hydroxyl groups excluding tert-OH is 1. The molecule has 3 nitrogen and oxygen atoms in total. The molecule has 0 atom stereocenters. The molecule has 1 aromatic rings. The largest absolute Gasteiger partial charge is 0.396 e. The molecule has 0 amide bonds. The van der Waals surface area contributed by atoms with E-state index in [0.29, 0.717) is 11.2 Å². The first-order valence-electron chi connectivity index (χ1n) is 5.59. The standard InChI is InChI=1S/C12H19ClN2O/c1-10(2)15(7-4-8-16)9-11-5-3-6-14-12(11)13/h3,5-6,10,16H,4,7-9H2,1-2H3. The van der Waals surface area contributed by atoms with Crippen molar-refractivity contribution in [2.45, 2.75) is 32.9 Å². The van der Waals surface area contributed by atoms with E-state index in [1.54, 1.807) is 6.20 Å². The number of halogens is 1. The van der Waals surface area contributed by atoms with Gasteiger partial charge in [0.1, 0.15) is 5.15 Å². The van der Waals surface area contributed by atoms with Gasteiger partial charge in [0, 0.05) is 37.5 Å². The average molecular weight is 243 g/mol. The monoisotopic (exact) mass is 242 g/mol. The lowest BCUT2D eigenvalue weighted by molar-refractivity contribution is 0.185. The van der Waals surface area contributed by atoms with Gasteiger partial charge < -0.3 is 5.11 Å². The Morgan fingerprint density at radius 3 is 2.81 bits per heavy atom. The summed E-state index contributed by atoms with van der Waals surface area (Å²) >= 11 is 6.02. The zero-order valence-corrected chi connectivity index (χ0v) is 10.6. The molecule has 0 saturated heterocycles. The van der Waals surface area contributed by atoms with Crippen molar-refractivity contribution in [3.63, 3.8) is 0 Å². The second kappa shape index (κ2) is 6.84. The molecule has 0 aliphatic heterocycles. The summed E-state index contributed by atoms with van der Waals surface area (Å²) < 4.78 is 0. The third kappa shape index (κ3) is 4.08. The Kier molecular flexibility index (Phi) is 5.74. The maximum Gasteiger partial charge on any atom is 0.133 e. The molecule has 0 unspecified atom stereocenters. The number of aromatic nitrogens is 1. The van der Waals surface area contributed by atoms with Gasteiger partial charge in [0.15, 0.2) is 0 Å². The van der Waals surface area contributed by atoms with Crippen LogP contribution in [0.2, 0.25) is 5.15 Å². The first-order valence-corrected chi connectivity index (χ1v) is 5.97. The molecule has 4 heteroatoms. The van der Waals surface area contributed by atoms with Crippen molar-refractivity contribution in [1.82, 2.24) is 9.88 Å². The summed E-state index contributed by atoms with van der Waals surface area (Å²) in [5.74, 6) is 0. The molecule has 1 heterocycles. The summed E-state index contributed by atoms with van der Waals surface area (Å²) in [4.78, 5) is 6.34. The van der Waals surface area contributed by atoms with Gasteiger partial charge in [-0.25, -0.2) is 4.98 Å². The highest BCUT2D eigenvalue weighted by Crippen LogP contribution is 2.15.